The molecule has 4 amide bonds. The Morgan fingerprint density at radius 1 is 0.806 bits per heavy atom. The van der Waals surface area contributed by atoms with Crippen LogP contribution in [-0.2, 0) is 43.6 Å². The van der Waals surface area contributed by atoms with E-state index < -0.39 is 83.3 Å². The number of carbonyl (C=O) groups excluding carboxylic acids is 6. The van der Waals surface area contributed by atoms with Crippen molar-refractivity contribution in [2.45, 2.75) is 49.0 Å². The van der Waals surface area contributed by atoms with Gasteiger partial charge in [-0.3, -0.25) is 28.9 Å². The molecule has 15 nitrogen and oxygen atoms in total. The minimum Gasteiger partial charge on any atom is -0.491 e. The molecule has 67 heavy (non-hydrogen) atoms. The highest BCUT2D eigenvalue weighted by Crippen LogP contribution is 2.66. The Hall–Kier alpha value is -7.80. The SMILES string of the molecule is COC(=O)C(CC#Cc1ccc2c(c1)[C@]1(C(=O)N2C(=O)N[C@H](C)c2ccccc2)[C@H](c2cccc(OCCO)c2)N2[C@H](c3ccccc3)[C@H](c3ccccc3)OC(=O)[C@H]2[C@@H]1C(N)=O)C(=O)OC. The minimum atomic E-state index is -2.15. The molecule has 0 aliphatic carbocycles. The van der Waals surface area contributed by atoms with Gasteiger partial charge in [0, 0.05) is 12.0 Å². The number of hydrogen-bond acceptors (Lipinski definition) is 12. The largest absolute Gasteiger partial charge is 0.491 e. The van der Waals surface area contributed by atoms with Crippen LogP contribution in [0.2, 0.25) is 0 Å². The van der Waals surface area contributed by atoms with E-state index in [9.17, 15) is 24.3 Å². The first kappa shape index (κ1) is 45.8. The Bertz CT molecular complexity index is 2740. The van der Waals surface area contributed by atoms with Crippen molar-refractivity contribution in [2.75, 3.05) is 32.3 Å². The zero-order valence-electron chi connectivity index (χ0n) is 36.9. The zero-order valence-corrected chi connectivity index (χ0v) is 36.9. The van der Waals surface area contributed by atoms with E-state index in [1.165, 1.54) is 6.07 Å². The number of urea groups is 1. The van der Waals surface area contributed by atoms with Crippen molar-refractivity contribution in [1.82, 2.24) is 10.2 Å². The van der Waals surface area contributed by atoms with Crippen molar-refractivity contribution in [3.63, 3.8) is 0 Å². The van der Waals surface area contributed by atoms with Gasteiger partial charge in [0.2, 0.25) is 11.8 Å². The number of aliphatic hydroxyl groups is 1. The summed E-state index contributed by atoms with van der Waals surface area (Å²) in [7, 11) is 2.28. The second-order valence-electron chi connectivity index (χ2n) is 16.4. The normalized spacial score (nSPS) is 22.2. The van der Waals surface area contributed by atoms with Gasteiger partial charge in [0.05, 0.1) is 50.6 Å². The number of esters is 3. The van der Waals surface area contributed by atoms with Crippen LogP contribution in [0.25, 0.3) is 0 Å². The molecule has 0 saturated carbocycles. The lowest BCUT2D eigenvalue weighted by atomic mass is 9.65. The van der Waals surface area contributed by atoms with Gasteiger partial charge < -0.3 is 35.1 Å². The van der Waals surface area contributed by atoms with Crippen LogP contribution >= 0.6 is 0 Å². The van der Waals surface area contributed by atoms with Gasteiger partial charge >= 0.3 is 23.9 Å². The van der Waals surface area contributed by atoms with Gasteiger partial charge in [-0.2, -0.15) is 0 Å². The molecule has 3 heterocycles. The summed E-state index contributed by atoms with van der Waals surface area (Å²) in [6.45, 7) is 1.41. The summed E-state index contributed by atoms with van der Waals surface area (Å²) < 4.78 is 22.0. The van der Waals surface area contributed by atoms with Crippen molar-refractivity contribution < 1.29 is 52.8 Å². The number of nitrogens with one attached hydrogen (secondary N) is 1. The third kappa shape index (κ3) is 8.26. The molecule has 0 bridgehead atoms. The molecule has 1 spiro atoms. The fourth-order valence-corrected chi connectivity index (χ4v) is 9.83. The summed E-state index contributed by atoms with van der Waals surface area (Å²) in [6.07, 6.45) is -1.26. The van der Waals surface area contributed by atoms with Crippen LogP contribution in [0.5, 0.6) is 5.75 Å². The van der Waals surface area contributed by atoms with Crippen molar-refractivity contribution in [2.24, 2.45) is 17.6 Å². The van der Waals surface area contributed by atoms with E-state index in [1.54, 1.807) is 43.3 Å². The quantitative estimate of drug-likeness (QED) is 0.0625. The van der Waals surface area contributed by atoms with Crippen LogP contribution in [-0.4, -0.2) is 79.2 Å². The number of methoxy groups -OCH3 is 2. The third-order valence-electron chi connectivity index (χ3n) is 12.7. The van der Waals surface area contributed by atoms with Crippen molar-refractivity contribution >= 4 is 41.4 Å². The lowest BCUT2D eigenvalue weighted by molar-refractivity contribution is -0.178. The maximum absolute atomic E-state index is 16.3. The number of morpholine rings is 1. The number of nitrogens with two attached hydrogens (primary N) is 1. The molecule has 5 aromatic carbocycles. The molecule has 2 fully saturated rings. The zero-order chi connectivity index (χ0) is 47.4. The molecule has 342 valence electrons. The number of hydrogen-bond donors (Lipinski definition) is 3. The standard InChI is InChI=1S/C52H48N4O11/c1-31(33-16-7-4-8-17-33)54-51(63)55-40-26-25-32(15-13-24-38(47(59)64-2)48(60)65-3)29-39(40)52(50(55)62)41(46(53)58)43-49(61)67-44(35-20-11-6-12-21-35)42(34-18-9-5-10-19-34)56(43)45(52)36-22-14-23-37(30-36)66-28-27-57/h4-12,14,16-23,25-26,29-31,38,41-45,57H,24,27-28H2,1-3H3,(H2,53,58)(H,54,63)/t31-,41-,42-,43-,44+,45+,52-/m1/s1. The van der Waals surface area contributed by atoms with Crippen LogP contribution < -0.4 is 20.7 Å². The van der Waals surface area contributed by atoms with E-state index in [0.717, 1.165) is 24.7 Å². The number of anilines is 1. The molecular weight excluding hydrogens is 857 g/mol. The Morgan fingerprint density at radius 2 is 1.43 bits per heavy atom. The monoisotopic (exact) mass is 904 g/mol. The van der Waals surface area contributed by atoms with Gasteiger partial charge in [0.1, 0.15) is 29.9 Å². The van der Waals surface area contributed by atoms with E-state index in [4.69, 9.17) is 24.7 Å². The number of aliphatic hydroxyl groups excluding tert-OH is 1. The number of nitrogens with zero attached hydrogens (tertiary/aromatic N) is 2. The summed E-state index contributed by atoms with van der Waals surface area (Å²) in [6, 6.07) is 34.0. The lowest BCUT2D eigenvalue weighted by Gasteiger charge is -2.46. The van der Waals surface area contributed by atoms with Gasteiger partial charge in [-0.05, 0) is 65.1 Å². The molecule has 0 unspecified atom stereocenters. The van der Waals surface area contributed by atoms with Crippen molar-refractivity contribution in [3.8, 4) is 17.6 Å². The van der Waals surface area contributed by atoms with Gasteiger partial charge in [0.15, 0.2) is 5.92 Å². The topological polar surface area (TPSA) is 204 Å². The van der Waals surface area contributed by atoms with E-state index in [0.29, 0.717) is 22.4 Å². The van der Waals surface area contributed by atoms with Crippen LogP contribution in [0.1, 0.15) is 71.0 Å². The summed E-state index contributed by atoms with van der Waals surface area (Å²) in [5, 5.41) is 12.7. The number of carbonyl (C=O) groups is 6. The lowest BCUT2D eigenvalue weighted by Crippen LogP contribution is -2.55. The maximum Gasteiger partial charge on any atom is 0.329 e. The molecule has 3 aliphatic heterocycles. The molecule has 7 atom stereocenters. The molecule has 15 heteroatoms. The first-order valence-electron chi connectivity index (χ1n) is 21.7. The molecule has 3 aliphatic rings. The summed E-state index contributed by atoms with van der Waals surface area (Å²) in [4.78, 5) is 88.6. The number of cyclic esters (lactones) is 1. The number of rotatable bonds is 12. The number of imide groups is 1. The smallest absolute Gasteiger partial charge is 0.329 e. The van der Waals surface area contributed by atoms with Gasteiger partial charge in [-0.15, -0.1) is 0 Å². The highest BCUT2D eigenvalue weighted by Gasteiger charge is 2.75. The average molecular weight is 905 g/mol. The summed E-state index contributed by atoms with van der Waals surface area (Å²) in [5.41, 5.74) is 7.39. The maximum atomic E-state index is 16.3. The fourth-order valence-electron chi connectivity index (χ4n) is 9.83. The summed E-state index contributed by atoms with van der Waals surface area (Å²) in [5.74, 6) is -1.23. The first-order chi connectivity index (χ1) is 32.5. The summed E-state index contributed by atoms with van der Waals surface area (Å²) >= 11 is 0. The van der Waals surface area contributed by atoms with Crippen molar-refractivity contribution in [1.29, 1.82) is 0 Å². The van der Waals surface area contributed by atoms with Gasteiger partial charge in [-0.1, -0.05) is 115 Å². The van der Waals surface area contributed by atoms with E-state index in [2.05, 4.69) is 17.2 Å². The third-order valence-corrected chi connectivity index (χ3v) is 12.7. The molecule has 5 aromatic rings. The van der Waals surface area contributed by atoms with E-state index >= 15 is 9.59 Å². The number of benzene rings is 5. The minimum absolute atomic E-state index is 0.0608. The average Bonchev–Trinajstić information content (AvgIpc) is 3.81. The Labute approximate surface area is 386 Å². The molecule has 4 N–H and O–H groups in total. The van der Waals surface area contributed by atoms with Crippen LogP contribution in [0.15, 0.2) is 133 Å². The number of primary amides is 1. The highest BCUT2D eigenvalue weighted by atomic mass is 16.6. The molecule has 8 rings (SSSR count). The van der Waals surface area contributed by atoms with Gasteiger partial charge in [-0.25, -0.2) is 9.69 Å². The van der Waals surface area contributed by atoms with Gasteiger partial charge in [0.25, 0.3) is 0 Å². The van der Waals surface area contributed by atoms with Crippen LogP contribution in [0.3, 0.4) is 0 Å². The first-order valence-corrected chi connectivity index (χ1v) is 21.7. The van der Waals surface area contributed by atoms with Crippen LogP contribution in [0.4, 0.5) is 10.5 Å². The number of ether oxygens (including phenoxy) is 4. The predicted molar refractivity (Wildman–Crippen MR) is 243 cm³/mol. The molecule has 0 radical (unpaired) electrons. The predicted octanol–water partition coefficient (Wildman–Crippen LogP) is 5.38. The van der Waals surface area contributed by atoms with Crippen LogP contribution in [0, 0.1) is 23.7 Å². The fraction of sp³-hybridized carbons (Fsp3) is 0.269. The highest BCUT2D eigenvalue weighted by molar-refractivity contribution is 6.24. The van der Waals surface area contributed by atoms with E-state index in [1.807, 2.05) is 95.9 Å². The second-order valence-corrected chi connectivity index (χ2v) is 16.4. The molecular formula is C52H48N4O11. The number of amides is 4. The number of fused-ring (bicyclic) bond motifs is 3. The second kappa shape index (κ2) is 19.4. The molecule has 2 saturated heterocycles. The van der Waals surface area contributed by atoms with E-state index in [-0.39, 0.29) is 36.4 Å². The molecule has 0 aromatic heterocycles. The Kier molecular flexibility index (Phi) is 13.2. The Morgan fingerprint density at radius 3 is 2.06 bits per heavy atom. The van der Waals surface area contributed by atoms with Crippen molar-refractivity contribution in [3.05, 3.63) is 167 Å². The Balaban J connectivity index is 1.40.